The van der Waals surface area contributed by atoms with Crippen LogP contribution in [-0.4, -0.2) is 48.6 Å². The molecule has 0 aromatic heterocycles. The summed E-state index contributed by atoms with van der Waals surface area (Å²) in [7, 11) is 0. The van der Waals surface area contributed by atoms with Crippen LogP contribution in [-0.2, 0) is 4.79 Å². The number of rotatable bonds is 5. The highest BCUT2D eigenvalue weighted by Gasteiger charge is 2.24. The Kier molecular flexibility index (Phi) is 5.37. The van der Waals surface area contributed by atoms with Gasteiger partial charge in [0.1, 0.15) is 0 Å². The number of imide groups is 1. The van der Waals surface area contributed by atoms with Crippen LogP contribution in [0.5, 0.6) is 0 Å². The van der Waals surface area contributed by atoms with E-state index < -0.39 is 12.1 Å². The van der Waals surface area contributed by atoms with Gasteiger partial charge >= 0.3 is 6.03 Å². The van der Waals surface area contributed by atoms with Gasteiger partial charge in [-0.1, -0.05) is 6.92 Å². The molecule has 0 bridgehead atoms. The van der Waals surface area contributed by atoms with E-state index in [4.69, 9.17) is 5.73 Å². The maximum atomic E-state index is 11.4. The number of nitrogens with one attached hydrogen (secondary N) is 2. The first-order chi connectivity index (χ1) is 8.04. The number of likely N-dealkylation sites (N-methyl/N-ethyl adjacent to an activating group) is 1. The first-order valence-electron chi connectivity index (χ1n) is 6.12. The lowest BCUT2D eigenvalue weighted by atomic mass is 10.2. The molecule has 2 unspecified atom stereocenters. The Morgan fingerprint density at radius 1 is 1.53 bits per heavy atom. The van der Waals surface area contributed by atoms with Gasteiger partial charge in [0.2, 0.25) is 5.91 Å². The van der Waals surface area contributed by atoms with Crippen LogP contribution in [0.15, 0.2) is 0 Å². The lowest BCUT2D eigenvalue weighted by Gasteiger charge is -2.24. The Labute approximate surface area is 102 Å². The van der Waals surface area contributed by atoms with E-state index in [-0.39, 0.29) is 5.91 Å². The number of urea groups is 1. The molecule has 0 aromatic carbocycles. The lowest BCUT2D eigenvalue weighted by Crippen LogP contribution is -2.49. The van der Waals surface area contributed by atoms with Gasteiger partial charge in [-0.05, 0) is 32.9 Å². The van der Waals surface area contributed by atoms with Crippen LogP contribution in [0, 0.1) is 0 Å². The molecule has 3 amide bonds. The van der Waals surface area contributed by atoms with E-state index in [9.17, 15) is 9.59 Å². The first kappa shape index (κ1) is 13.9. The zero-order valence-electron chi connectivity index (χ0n) is 10.5. The monoisotopic (exact) mass is 242 g/mol. The van der Waals surface area contributed by atoms with E-state index in [1.54, 1.807) is 6.92 Å². The molecule has 0 radical (unpaired) electrons. The summed E-state index contributed by atoms with van der Waals surface area (Å²) < 4.78 is 0. The van der Waals surface area contributed by atoms with Crippen molar-refractivity contribution in [3.63, 3.8) is 0 Å². The Balaban J connectivity index is 2.29. The normalized spacial score (nSPS) is 22.4. The van der Waals surface area contributed by atoms with Gasteiger partial charge in [-0.3, -0.25) is 15.0 Å². The summed E-state index contributed by atoms with van der Waals surface area (Å²) in [5, 5.41) is 5.20. The van der Waals surface area contributed by atoms with Crippen molar-refractivity contribution in [1.29, 1.82) is 0 Å². The van der Waals surface area contributed by atoms with Crippen LogP contribution in [0.25, 0.3) is 0 Å². The minimum atomic E-state index is -0.806. The Bertz CT molecular complexity index is 283. The molecular formula is C11H22N4O2. The molecule has 0 aliphatic carbocycles. The van der Waals surface area contributed by atoms with E-state index in [1.165, 1.54) is 6.42 Å². The van der Waals surface area contributed by atoms with Crippen LogP contribution >= 0.6 is 0 Å². The molecule has 0 saturated carbocycles. The average Bonchev–Trinajstić information content (AvgIpc) is 2.72. The summed E-state index contributed by atoms with van der Waals surface area (Å²) in [6, 6.07) is -0.717. The second-order valence-corrected chi connectivity index (χ2v) is 4.41. The van der Waals surface area contributed by atoms with Crippen LogP contribution in [0.3, 0.4) is 0 Å². The van der Waals surface area contributed by atoms with Gasteiger partial charge in [-0.15, -0.1) is 0 Å². The van der Waals surface area contributed by atoms with E-state index in [0.29, 0.717) is 6.04 Å². The topological polar surface area (TPSA) is 87.5 Å². The summed E-state index contributed by atoms with van der Waals surface area (Å²) in [5.41, 5.74) is 4.89. The smallest absolute Gasteiger partial charge is 0.318 e. The number of likely N-dealkylation sites (tertiary alicyclic amines) is 1. The van der Waals surface area contributed by atoms with Crippen molar-refractivity contribution in [1.82, 2.24) is 15.5 Å². The number of nitrogens with zero attached hydrogens (tertiary/aromatic N) is 1. The minimum Gasteiger partial charge on any atom is -0.351 e. The second kappa shape index (κ2) is 6.56. The van der Waals surface area contributed by atoms with Crippen LogP contribution in [0.1, 0.15) is 26.7 Å². The highest BCUT2D eigenvalue weighted by Crippen LogP contribution is 2.15. The standard InChI is InChI=1S/C11H22N4O2/c1-3-15-6-4-5-9(15)7-13-8(2)10(16)14-11(12)17/h8-9,13H,3-7H2,1-2H3,(H3,12,14,16,17). The maximum Gasteiger partial charge on any atom is 0.318 e. The molecule has 1 heterocycles. The number of amides is 3. The summed E-state index contributed by atoms with van der Waals surface area (Å²) in [6.07, 6.45) is 2.37. The van der Waals surface area contributed by atoms with Crippen molar-refractivity contribution in [3.05, 3.63) is 0 Å². The molecule has 2 atom stereocenters. The maximum absolute atomic E-state index is 11.4. The second-order valence-electron chi connectivity index (χ2n) is 4.41. The molecule has 1 fully saturated rings. The molecule has 98 valence electrons. The number of nitrogens with two attached hydrogens (primary N) is 1. The van der Waals surface area contributed by atoms with Gasteiger partial charge in [0.05, 0.1) is 6.04 Å². The molecule has 6 heteroatoms. The van der Waals surface area contributed by atoms with E-state index in [2.05, 4.69) is 22.5 Å². The summed E-state index contributed by atoms with van der Waals surface area (Å²) in [6.45, 7) is 6.80. The van der Waals surface area contributed by atoms with Gasteiger partial charge < -0.3 is 11.1 Å². The van der Waals surface area contributed by atoms with E-state index in [1.807, 2.05) is 0 Å². The third-order valence-electron chi connectivity index (χ3n) is 3.20. The summed E-state index contributed by atoms with van der Waals surface area (Å²) >= 11 is 0. The molecule has 1 rings (SSSR count). The SMILES string of the molecule is CCN1CCCC1CNC(C)C(=O)NC(N)=O. The molecule has 1 aliphatic rings. The van der Waals surface area contributed by atoms with Crippen molar-refractivity contribution >= 4 is 11.9 Å². The van der Waals surface area contributed by atoms with Crippen molar-refractivity contribution in [2.24, 2.45) is 5.73 Å². The number of hydrogen-bond donors (Lipinski definition) is 3. The third kappa shape index (κ3) is 4.32. The Morgan fingerprint density at radius 2 is 2.24 bits per heavy atom. The predicted octanol–water partition coefficient (Wildman–Crippen LogP) is -0.356. The minimum absolute atomic E-state index is 0.376. The zero-order valence-corrected chi connectivity index (χ0v) is 10.5. The fourth-order valence-electron chi connectivity index (χ4n) is 2.18. The molecule has 0 aromatic rings. The van der Waals surface area contributed by atoms with Gasteiger partial charge in [0, 0.05) is 12.6 Å². The van der Waals surface area contributed by atoms with Crippen molar-refractivity contribution in [2.45, 2.75) is 38.8 Å². The number of hydrogen-bond acceptors (Lipinski definition) is 4. The number of carbonyl (C=O) groups is 2. The van der Waals surface area contributed by atoms with Gasteiger partial charge in [0.15, 0.2) is 0 Å². The highest BCUT2D eigenvalue weighted by molar-refractivity contribution is 5.96. The average molecular weight is 242 g/mol. The molecule has 0 spiro atoms. The number of carbonyl (C=O) groups excluding carboxylic acids is 2. The van der Waals surface area contributed by atoms with Crippen LogP contribution in [0.4, 0.5) is 4.79 Å². The number of primary amides is 1. The quantitative estimate of drug-likeness (QED) is 0.614. The fraction of sp³-hybridized carbons (Fsp3) is 0.818. The molecule has 17 heavy (non-hydrogen) atoms. The van der Waals surface area contributed by atoms with Crippen LogP contribution < -0.4 is 16.4 Å². The Morgan fingerprint density at radius 3 is 2.82 bits per heavy atom. The van der Waals surface area contributed by atoms with Crippen LogP contribution in [0.2, 0.25) is 0 Å². The molecule has 4 N–H and O–H groups in total. The van der Waals surface area contributed by atoms with E-state index in [0.717, 1.165) is 26.1 Å². The van der Waals surface area contributed by atoms with Gasteiger partial charge in [-0.2, -0.15) is 0 Å². The largest absolute Gasteiger partial charge is 0.351 e. The van der Waals surface area contributed by atoms with Crippen molar-refractivity contribution in [2.75, 3.05) is 19.6 Å². The molecule has 1 aliphatic heterocycles. The summed E-state index contributed by atoms with van der Waals surface area (Å²) in [5.74, 6) is -0.376. The van der Waals surface area contributed by atoms with Crippen molar-refractivity contribution in [3.8, 4) is 0 Å². The molecule has 6 nitrogen and oxygen atoms in total. The first-order valence-corrected chi connectivity index (χ1v) is 6.12. The van der Waals surface area contributed by atoms with Gasteiger partial charge in [0.25, 0.3) is 0 Å². The predicted molar refractivity (Wildman–Crippen MR) is 65.5 cm³/mol. The fourth-order valence-corrected chi connectivity index (χ4v) is 2.18. The third-order valence-corrected chi connectivity index (χ3v) is 3.20. The highest BCUT2D eigenvalue weighted by atomic mass is 16.2. The molecule has 1 saturated heterocycles. The Hall–Kier alpha value is -1.14. The van der Waals surface area contributed by atoms with Crippen molar-refractivity contribution < 1.29 is 9.59 Å². The molecular weight excluding hydrogens is 220 g/mol. The summed E-state index contributed by atoms with van der Waals surface area (Å²) in [4.78, 5) is 24.3. The van der Waals surface area contributed by atoms with Gasteiger partial charge in [-0.25, -0.2) is 4.79 Å². The zero-order chi connectivity index (χ0) is 12.8. The lowest BCUT2D eigenvalue weighted by molar-refractivity contribution is -0.121. The van der Waals surface area contributed by atoms with E-state index >= 15 is 0 Å².